The fourth-order valence-corrected chi connectivity index (χ4v) is 4.57. The molecule has 1 aromatic carbocycles. The zero-order valence-corrected chi connectivity index (χ0v) is 16.3. The number of aliphatic carboxylic acids is 1. The number of carbonyl (C=O) groups excluding carboxylic acids is 2. The van der Waals surface area contributed by atoms with Crippen molar-refractivity contribution in [2.24, 2.45) is 0 Å². The highest BCUT2D eigenvalue weighted by atomic mass is 32.2. The zero-order chi connectivity index (χ0) is 19.6. The molecule has 0 spiro atoms. The Morgan fingerprint density at radius 1 is 1.37 bits per heavy atom. The second-order valence-corrected chi connectivity index (χ2v) is 7.76. The van der Waals surface area contributed by atoms with Crippen molar-refractivity contribution in [3.63, 3.8) is 0 Å². The maximum atomic E-state index is 13.2. The van der Waals surface area contributed by atoms with Gasteiger partial charge in [0.1, 0.15) is 5.37 Å². The maximum absolute atomic E-state index is 13.2. The molecule has 0 aliphatic carbocycles. The van der Waals surface area contributed by atoms with Gasteiger partial charge in [-0.1, -0.05) is 23.8 Å². The highest BCUT2D eigenvalue weighted by Crippen LogP contribution is 2.37. The number of benzene rings is 1. The van der Waals surface area contributed by atoms with Crippen molar-refractivity contribution in [3.05, 3.63) is 46.5 Å². The smallest absolute Gasteiger partial charge is 0.308 e. The summed E-state index contributed by atoms with van der Waals surface area (Å²) in [7, 11) is 0. The van der Waals surface area contributed by atoms with E-state index < -0.39 is 17.8 Å². The largest absolute Gasteiger partial charge is 0.481 e. The Kier molecular flexibility index (Phi) is 6.01. The van der Waals surface area contributed by atoms with Crippen molar-refractivity contribution >= 4 is 29.4 Å². The van der Waals surface area contributed by atoms with Gasteiger partial charge in [-0.05, 0) is 32.1 Å². The second kappa shape index (κ2) is 8.27. The molecule has 1 fully saturated rings. The van der Waals surface area contributed by atoms with Crippen molar-refractivity contribution in [3.8, 4) is 0 Å². The summed E-state index contributed by atoms with van der Waals surface area (Å²) >= 11 is 1.37. The SMILES string of the molecule is CS[C@H]1C(C(=O)c2cccc(C)c2)=C(CC(=O)O)C(=O)N1C[C@H]1CCCO1. The number of Topliss-reactive ketones (excluding diaryl/α,β-unsaturated/α-hetero) is 1. The standard InChI is InChI=1S/C20H23NO5S/c1-12-5-3-6-13(9-12)18(24)17-15(10-16(22)23)19(25)21(20(17)27-2)11-14-7-4-8-26-14/h3,5-6,9,14,20H,4,7-8,10-11H2,1-2H3,(H,22,23)/t14-,20+/m1/s1. The van der Waals surface area contributed by atoms with E-state index >= 15 is 0 Å². The minimum absolute atomic E-state index is 0.0666. The van der Waals surface area contributed by atoms with Crippen molar-refractivity contribution in [1.29, 1.82) is 0 Å². The number of carboxylic acids is 1. The highest BCUT2D eigenvalue weighted by Gasteiger charge is 2.43. The number of ether oxygens (including phenoxy) is 1. The average molecular weight is 389 g/mol. The summed E-state index contributed by atoms with van der Waals surface area (Å²) in [4.78, 5) is 39.2. The first-order valence-electron chi connectivity index (χ1n) is 8.94. The summed E-state index contributed by atoms with van der Waals surface area (Å²) in [5, 5.41) is 8.79. The van der Waals surface area contributed by atoms with Crippen molar-refractivity contribution in [2.75, 3.05) is 19.4 Å². The predicted octanol–water partition coefficient (Wildman–Crippen LogP) is 2.66. The third kappa shape index (κ3) is 4.09. The molecule has 144 valence electrons. The van der Waals surface area contributed by atoms with Gasteiger partial charge in [-0.15, -0.1) is 11.8 Å². The van der Waals surface area contributed by atoms with Gasteiger partial charge in [0.25, 0.3) is 5.91 Å². The van der Waals surface area contributed by atoms with Gasteiger partial charge in [0, 0.05) is 29.9 Å². The number of hydrogen-bond donors (Lipinski definition) is 1. The minimum Gasteiger partial charge on any atom is -0.481 e. The van der Waals surface area contributed by atoms with Crippen LogP contribution in [0.2, 0.25) is 0 Å². The Morgan fingerprint density at radius 2 is 2.15 bits per heavy atom. The lowest BCUT2D eigenvalue weighted by Gasteiger charge is -2.27. The number of carbonyl (C=O) groups is 3. The molecular weight excluding hydrogens is 366 g/mol. The van der Waals surface area contributed by atoms with Gasteiger partial charge in [0.05, 0.1) is 12.5 Å². The van der Waals surface area contributed by atoms with E-state index in [1.54, 1.807) is 23.1 Å². The number of carboxylic acid groups (broad SMARTS) is 1. The third-order valence-corrected chi connectivity index (χ3v) is 5.81. The summed E-state index contributed by atoms with van der Waals surface area (Å²) in [6.45, 7) is 2.93. The van der Waals surface area contributed by atoms with Crippen LogP contribution in [-0.2, 0) is 14.3 Å². The van der Waals surface area contributed by atoms with Crippen molar-refractivity contribution in [2.45, 2.75) is 37.7 Å². The van der Waals surface area contributed by atoms with Crippen LogP contribution in [0.15, 0.2) is 35.4 Å². The summed E-state index contributed by atoms with van der Waals surface area (Å²) in [5.41, 5.74) is 1.78. The van der Waals surface area contributed by atoms with Crippen LogP contribution in [-0.4, -0.2) is 58.6 Å². The normalized spacial score (nSPS) is 22.6. The number of hydrogen-bond acceptors (Lipinski definition) is 5. The molecule has 2 aliphatic rings. The molecular formula is C20H23NO5S. The number of nitrogens with zero attached hydrogens (tertiary/aromatic N) is 1. The monoisotopic (exact) mass is 389 g/mol. The number of amides is 1. The van der Waals surface area contributed by atoms with E-state index in [2.05, 4.69) is 0 Å². The Morgan fingerprint density at radius 3 is 2.74 bits per heavy atom. The van der Waals surface area contributed by atoms with E-state index in [-0.39, 0.29) is 23.4 Å². The summed E-state index contributed by atoms with van der Waals surface area (Å²) in [6.07, 6.45) is 3.11. The first-order chi connectivity index (χ1) is 12.9. The van der Waals surface area contributed by atoms with Gasteiger partial charge in [-0.3, -0.25) is 14.4 Å². The van der Waals surface area contributed by atoms with E-state index in [9.17, 15) is 19.5 Å². The fraction of sp³-hybridized carbons (Fsp3) is 0.450. The molecule has 7 heteroatoms. The first kappa shape index (κ1) is 19.6. The van der Waals surface area contributed by atoms with E-state index in [4.69, 9.17) is 4.74 Å². The van der Waals surface area contributed by atoms with E-state index in [0.717, 1.165) is 18.4 Å². The van der Waals surface area contributed by atoms with Gasteiger partial charge < -0.3 is 14.7 Å². The van der Waals surface area contributed by atoms with Gasteiger partial charge >= 0.3 is 5.97 Å². The Bertz CT molecular complexity index is 797. The zero-order valence-electron chi connectivity index (χ0n) is 15.4. The Balaban J connectivity index is 1.98. The lowest BCUT2D eigenvalue weighted by molar-refractivity contribution is -0.137. The van der Waals surface area contributed by atoms with Gasteiger partial charge in [-0.2, -0.15) is 0 Å². The quantitative estimate of drug-likeness (QED) is 0.722. The second-order valence-electron chi connectivity index (χ2n) is 6.84. The van der Waals surface area contributed by atoms with Crippen LogP contribution >= 0.6 is 11.8 Å². The molecule has 2 heterocycles. The molecule has 6 nitrogen and oxygen atoms in total. The van der Waals surface area contributed by atoms with Crippen LogP contribution in [0.3, 0.4) is 0 Å². The molecule has 0 radical (unpaired) electrons. The van der Waals surface area contributed by atoms with Crippen LogP contribution in [0.1, 0.15) is 35.2 Å². The number of aryl methyl sites for hydroxylation is 1. The van der Waals surface area contributed by atoms with Gasteiger partial charge in [-0.25, -0.2) is 0 Å². The molecule has 0 bridgehead atoms. The van der Waals surface area contributed by atoms with Gasteiger partial charge in [0.15, 0.2) is 5.78 Å². The molecule has 0 aromatic heterocycles. The molecule has 3 rings (SSSR count). The maximum Gasteiger partial charge on any atom is 0.308 e. The van der Waals surface area contributed by atoms with Crippen LogP contribution in [0, 0.1) is 6.92 Å². The van der Waals surface area contributed by atoms with Crippen molar-refractivity contribution < 1.29 is 24.2 Å². The van der Waals surface area contributed by atoms with Crippen LogP contribution < -0.4 is 0 Å². The first-order valence-corrected chi connectivity index (χ1v) is 10.2. The van der Waals surface area contributed by atoms with Crippen LogP contribution in [0.4, 0.5) is 0 Å². The third-order valence-electron chi connectivity index (χ3n) is 4.87. The highest BCUT2D eigenvalue weighted by molar-refractivity contribution is 7.99. The average Bonchev–Trinajstić information content (AvgIpc) is 3.23. The molecule has 2 atom stereocenters. The fourth-order valence-electron chi connectivity index (χ4n) is 3.64. The molecule has 27 heavy (non-hydrogen) atoms. The molecule has 2 aliphatic heterocycles. The molecule has 0 unspecified atom stereocenters. The van der Waals surface area contributed by atoms with Crippen molar-refractivity contribution in [1.82, 2.24) is 4.90 Å². The molecule has 1 saturated heterocycles. The van der Waals surface area contributed by atoms with E-state index in [1.807, 2.05) is 19.2 Å². The predicted molar refractivity (Wildman–Crippen MR) is 103 cm³/mol. The Labute approximate surface area is 162 Å². The van der Waals surface area contributed by atoms with Crippen LogP contribution in [0.25, 0.3) is 0 Å². The topological polar surface area (TPSA) is 83.9 Å². The van der Waals surface area contributed by atoms with E-state index in [1.165, 1.54) is 11.8 Å². The van der Waals surface area contributed by atoms with Crippen LogP contribution in [0.5, 0.6) is 0 Å². The number of ketones is 1. The van der Waals surface area contributed by atoms with Gasteiger partial charge in [0.2, 0.25) is 0 Å². The lowest BCUT2D eigenvalue weighted by atomic mass is 9.97. The summed E-state index contributed by atoms with van der Waals surface area (Å²) < 4.78 is 5.65. The molecule has 1 aromatic rings. The summed E-state index contributed by atoms with van der Waals surface area (Å²) in [5.74, 6) is -1.77. The number of thioether (sulfide) groups is 1. The number of rotatable bonds is 7. The lowest BCUT2D eigenvalue weighted by Crippen LogP contribution is -2.40. The summed E-state index contributed by atoms with van der Waals surface area (Å²) in [6, 6.07) is 7.14. The molecule has 0 saturated carbocycles. The van der Waals surface area contributed by atoms with E-state index in [0.29, 0.717) is 24.3 Å². The molecule has 1 N–H and O–H groups in total. The minimum atomic E-state index is -1.12. The Hall–Kier alpha value is -2.12. The molecule has 1 amide bonds.